The third kappa shape index (κ3) is 4.52. The molecule has 0 bridgehead atoms. The fourth-order valence-electron chi connectivity index (χ4n) is 3.44. The Labute approximate surface area is 175 Å². The summed E-state index contributed by atoms with van der Waals surface area (Å²) < 4.78 is 10.8. The largest absolute Gasteiger partial charge is 0.507 e. The molecule has 30 heavy (non-hydrogen) atoms. The van der Waals surface area contributed by atoms with E-state index in [2.05, 4.69) is 4.98 Å². The molecule has 2 heterocycles. The van der Waals surface area contributed by atoms with Gasteiger partial charge in [-0.15, -0.1) is 0 Å². The first-order valence-corrected chi connectivity index (χ1v) is 9.89. The molecule has 0 spiro atoms. The highest BCUT2D eigenvalue weighted by molar-refractivity contribution is 6.46. The van der Waals surface area contributed by atoms with Gasteiger partial charge in [-0.1, -0.05) is 18.2 Å². The molecular formula is C23H26N2O5. The van der Waals surface area contributed by atoms with E-state index < -0.39 is 17.7 Å². The lowest BCUT2D eigenvalue weighted by atomic mass is 9.98. The summed E-state index contributed by atoms with van der Waals surface area (Å²) in [6.45, 7) is 4.65. The standard InChI is InChI=1S/C23H26N2O5/c1-15(2)30-13-7-12-25-20(18-10-4-5-11-24-18)19(22(27)23(25)28)21(26)16-8-6-9-17(14-16)29-3/h4-6,8-11,14-15,20,26H,7,12-13H2,1-3H3/t20-/m1/s1. The molecule has 158 valence electrons. The van der Waals surface area contributed by atoms with Crippen molar-refractivity contribution in [3.8, 4) is 5.75 Å². The number of Topliss-reactive ketones (excluding diaryl/α,β-unsaturated/α-hetero) is 1. The number of ether oxygens (including phenoxy) is 2. The van der Waals surface area contributed by atoms with E-state index in [1.807, 2.05) is 13.8 Å². The molecule has 7 heteroatoms. The summed E-state index contributed by atoms with van der Waals surface area (Å²) in [4.78, 5) is 31.5. The molecule has 0 saturated carbocycles. The molecule has 1 aromatic heterocycles. The topological polar surface area (TPSA) is 89.0 Å². The number of nitrogens with zero attached hydrogens (tertiary/aromatic N) is 2. The van der Waals surface area contributed by atoms with Crippen LogP contribution in [0.25, 0.3) is 5.76 Å². The summed E-state index contributed by atoms with van der Waals surface area (Å²) in [6.07, 6.45) is 2.25. The van der Waals surface area contributed by atoms with Crippen LogP contribution in [0.4, 0.5) is 0 Å². The number of likely N-dealkylation sites (tertiary alicyclic amines) is 1. The van der Waals surface area contributed by atoms with Gasteiger partial charge in [0.1, 0.15) is 17.6 Å². The van der Waals surface area contributed by atoms with Crippen LogP contribution in [0.15, 0.2) is 54.2 Å². The number of aliphatic hydroxyl groups is 1. The number of amides is 1. The minimum atomic E-state index is -0.767. The van der Waals surface area contributed by atoms with Gasteiger partial charge in [-0.05, 0) is 44.5 Å². The van der Waals surface area contributed by atoms with Crippen LogP contribution in [0.2, 0.25) is 0 Å². The number of carbonyl (C=O) groups is 2. The van der Waals surface area contributed by atoms with E-state index >= 15 is 0 Å². The zero-order valence-corrected chi connectivity index (χ0v) is 17.4. The molecule has 1 N–H and O–H groups in total. The minimum Gasteiger partial charge on any atom is -0.507 e. The van der Waals surface area contributed by atoms with Crippen molar-refractivity contribution in [1.29, 1.82) is 0 Å². The second-order valence-electron chi connectivity index (χ2n) is 7.25. The van der Waals surface area contributed by atoms with E-state index in [9.17, 15) is 14.7 Å². The van der Waals surface area contributed by atoms with Gasteiger partial charge in [0.05, 0.1) is 24.5 Å². The third-order valence-electron chi connectivity index (χ3n) is 4.85. The monoisotopic (exact) mass is 410 g/mol. The second kappa shape index (κ2) is 9.54. The van der Waals surface area contributed by atoms with Crippen molar-refractivity contribution in [3.63, 3.8) is 0 Å². The molecule has 2 aromatic rings. The normalized spacial score (nSPS) is 18.3. The van der Waals surface area contributed by atoms with Crippen molar-refractivity contribution in [2.45, 2.75) is 32.4 Å². The van der Waals surface area contributed by atoms with Gasteiger partial charge in [0.2, 0.25) is 0 Å². The van der Waals surface area contributed by atoms with Crippen LogP contribution >= 0.6 is 0 Å². The Kier molecular flexibility index (Phi) is 6.84. The highest BCUT2D eigenvalue weighted by Crippen LogP contribution is 2.38. The summed E-state index contributed by atoms with van der Waals surface area (Å²) in [5.74, 6) is -1.09. The number of hydrogen-bond acceptors (Lipinski definition) is 6. The lowest BCUT2D eigenvalue weighted by molar-refractivity contribution is -0.140. The van der Waals surface area contributed by atoms with E-state index in [4.69, 9.17) is 9.47 Å². The van der Waals surface area contributed by atoms with E-state index in [1.54, 1.807) is 48.7 Å². The smallest absolute Gasteiger partial charge is 0.295 e. The Morgan fingerprint density at radius 1 is 1.20 bits per heavy atom. The average Bonchev–Trinajstić information content (AvgIpc) is 3.01. The van der Waals surface area contributed by atoms with Crippen molar-refractivity contribution in [2.24, 2.45) is 0 Å². The maximum Gasteiger partial charge on any atom is 0.295 e. The van der Waals surface area contributed by atoms with Crippen LogP contribution in [0.1, 0.15) is 37.6 Å². The number of rotatable bonds is 8. The predicted octanol–water partition coefficient (Wildman–Crippen LogP) is 3.33. The van der Waals surface area contributed by atoms with Gasteiger partial charge < -0.3 is 19.5 Å². The van der Waals surface area contributed by atoms with Crippen molar-refractivity contribution in [1.82, 2.24) is 9.88 Å². The predicted molar refractivity (Wildman–Crippen MR) is 112 cm³/mol. The Balaban J connectivity index is 2.01. The summed E-state index contributed by atoms with van der Waals surface area (Å²) in [7, 11) is 1.52. The number of hydrogen-bond donors (Lipinski definition) is 1. The van der Waals surface area contributed by atoms with Crippen molar-refractivity contribution in [2.75, 3.05) is 20.3 Å². The van der Waals surface area contributed by atoms with E-state index in [-0.39, 0.29) is 17.4 Å². The fraction of sp³-hybridized carbons (Fsp3) is 0.348. The zero-order chi connectivity index (χ0) is 21.7. The molecule has 7 nitrogen and oxygen atoms in total. The highest BCUT2D eigenvalue weighted by atomic mass is 16.5. The number of benzene rings is 1. The van der Waals surface area contributed by atoms with Gasteiger partial charge >= 0.3 is 0 Å². The van der Waals surface area contributed by atoms with Crippen molar-refractivity contribution in [3.05, 3.63) is 65.5 Å². The van der Waals surface area contributed by atoms with Gasteiger partial charge in [-0.3, -0.25) is 14.6 Å². The highest BCUT2D eigenvalue weighted by Gasteiger charge is 2.46. The summed E-state index contributed by atoms with van der Waals surface area (Å²) in [5.41, 5.74) is 0.944. The maximum absolute atomic E-state index is 12.9. The van der Waals surface area contributed by atoms with Gasteiger partial charge in [0.25, 0.3) is 11.7 Å². The van der Waals surface area contributed by atoms with E-state index in [1.165, 1.54) is 12.0 Å². The van der Waals surface area contributed by atoms with Crippen LogP contribution in [0, 0.1) is 0 Å². The Bertz CT molecular complexity index is 940. The molecule has 0 radical (unpaired) electrons. The Morgan fingerprint density at radius 2 is 2.00 bits per heavy atom. The first-order chi connectivity index (χ1) is 14.4. The molecule has 1 aliphatic rings. The molecule has 0 unspecified atom stereocenters. The van der Waals surface area contributed by atoms with Crippen LogP contribution in [-0.2, 0) is 14.3 Å². The minimum absolute atomic E-state index is 0.0248. The third-order valence-corrected chi connectivity index (χ3v) is 4.85. The van der Waals surface area contributed by atoms with Crippen molar-refractivity contribution >= 4 is 17.4 Å². The first kappa shape index (κ1) is 21.5. The average molecular weight is 410 g/mol. The molecule has 1 fully saturated rings. The fourth-order valence-corrected chi connectivity index (χ4v) is 3.44. The molecule has 1 amide bonds. The van der Waals surface area contributed by atoms with Gasteiger partial charge in [0.15, 0.2) is 0 Å². The van der Waals surface area contributed by atoms with E-state index in [0.29, 0.717) is 36.6 Å². The molecule has 1 aliphatic heterocycles. The van der Waals surface area contributed by atoms with Gasteiger partial charge in [0, 0.05) is 24.9 Å². The number of aromatic nitrogens is 1. The molecule has 1 aromatic carbocycles. The van der Waals surface area contributed by atoms with Crippen LogP contribution in [-0.4, -0.2) is 53.0 Å². The van der Waals surface area contributed by atoms with Gasteiger partial charge in [-0.2, -0.15) is 0 Å². The van der Waals surface area contributed by atoms with Gasteiger partial charge in [-0.25, -0.2) is 0 Å². The second-order valence-corrected chi connectivity index (χ2v) is 7.25. The maximum atomic E-state index is 12.9. The SMILES string of the molecule is COc1cccc(C(O)=C2C(=O)C(=O)N(CCCOC(C)C)[C@@H]2c2ccccn2)c1. The Morgan fingerprint density at radius 3 is 2.67 bits per heavy atom. The van der Waals surface area contributed by atoms with Crippen LogP contribution < -0.4 is 4.74 Å². The Hall–Kier alpha value is -3.19. The number of carbonyl (C=O) groups excluding carboxylic acids is 2. The number of ketones is 1. The number of methoxy groups -OCH3 is 1. The van der Waals surface area contributed by atoms with Crippen molar-refractivity contribution < 1.29 is 24.2 Å². The molecule has 0 aliphatic carbocycles. The lowest BCUT2D eigenvalue weighted by Gasteiger charge is -2.24. The van der Waals surface area contributed by atoms with E-state index in [0.717, 1.165) is 0 Å². The molecule has 3 rings (SSSR count). The quantitative estimate of drug-likeness (QED) is 0.311. The lowest BCUT2D eigenvalue weighted by Crippen LogP contribution is -2.31. The molecular weight excluding hydrogens is 384 g/mol. The number of pyridine rings is 1. The molecule has 1 saturated heterocycles. The summed E-state index contributed by atoms with van der Waals surface area (Å²) >= 11 is 0. The van der Waals surface area contributed by atoms with Crippen LogP contribution in [0.3, 0.4) is 0 Å². The first-order valence-electron chi connectivity index (χ1n) is 9.89. The zero-order valence-electron chi connectivity index (χ0n) is 17.4. The summed E-state index contributed by atoms with van der Waals surface area (Å²) in [6, 6.07) is 11.3. The van der Waals surface area contributed by atoms with Crippen LogP contribution in [0.5, 0.6) is 5.75 Å². The molecule has 1 atom stereocenters. The summed E-state index contributed by atoms with van der Waals surface area (Å²) in [5, 5.41) is 11.0. The number of aliphatic hydroxyl groups excluding tert-OH is 1.